The number of carbonyl (C=O) groups is 2. The van der Waals surface area contributed by atoms with E-state index >= 15 is 0 Å². The van der Waals surface area contributed by atoms with Gasteiger partial charge in [0.2, 0.25) is 5.91 Å². The maximum absolute atomic E-state index is 12.5. The van der Waals surface area contributed by atoms with Gasteiger partial charge in [-0.2, -0.15) is 0 Å². The fourth-order valence-electron chi connectivity index (χ4n) is 9.81. The Morgan fingerprint density at radius 1 is 0.397 bits per heavy atom. The lowest BCUT2D eigenvalue weighted by molar-refractivity contribution is -0.143. The van der Waals surface area contributed by atoms with Crippen molar-refractivity contribution in [3.63, 3.8) is 0 Å². The van der Waals surface area contributed by atoms with E-state index in [0.29, 0.717) is 25.9 Å². The number of nitrogens with one attached hydrogen (secondary N) is 1. The molecule has 6 heteroatoms. The van der Waals surface area contributed by atoms with Gasteiger partial charge in [-0.25, -0.2) is 0 Å². The SMILES string of the molecule is CCCCCCCCC/C=C\CCCCCCCC(=O)OCCCCCCCCCCCCCCCCCCCCCCC(=O)NC(CO)C(O)CCCCCCCCCCCCCCCCC. The summed E-state index contributed by atoms with van der Waals surface area (Å²) in [6.07, 6.45) is 69.3. The summed E-state index contributed by atoms with van der Waals surface area (Å²) in [6, 6.07) is -0.542. The first-order valence-electron chi connectivity index (χ1n) is 30.9. The Morgan fingerprint density at radius 3 is 1.04 bits per heavy atom. The number of hydrogen-bond acceptors (Lipinski definition) is 5. The molecular formula is C62H121NO5. The summed E-state index contributed by atoms with van der Waals surface area (Å²) >= 11 is 0. The molecule has 0 aromatic carbocycles. The quantitative estimate of drug-likeness (QED) is 0.0321. The molecule has 0 aliphatic rings. The molecule has 0 saturated heterocycles. The second-order valence-electron chi connectivity index (χ2n) is 21.4. The van der Waals surface area contributed by atoms with E-state index in [9.17, 15) is 19.8 Å². The van der Waals surface area contributed by atoms with Crippen molar-refractivity contribution in [3.05, 3.63) is 12.2 Å². The second-order valence-corrected chi connectivity index (χ2v) is 21.4. The van der Waals surface area contributed by atoms with E-state index in [0.717, 1.165) is 44.9 Å². The molecule has 2 atom stereocenters. The summed E-state index contributed by atoms with van der Waals surface area (Å²) in [5.74, 6) is -0.0305. The van der Waals surface area contributed by atoms with Crippen molar-refractivity contribution in [2.45, 2.75) is 360 Å². The number of ether oxygens (including phenoxy) is 1. The third-order valence-corrected chi connectivity index (χ3v) is 14.6. The zero-order chi connectivity index (χ0) is 49.3. The predicted molar refractivity (Wildman–Crippen MR) is 297 cm³/mol. The summed E-state index contributed by atoms with van der Waals surface area (Å²) < 4.78 is 5.49. The van der Waals surface area contributed by atoms with Crippen LogP contribution in [0, 0.1) is 0 Å². The van der Waals surface area contributed by atoms with Gasteiger partial charge < -0.3 is 20.3 Å². The number of hydrogen-bond donors (Lipinski definition) is 3. The Morgan fingerprint density at radius 2 is 0.691 bits per heavy atom. The molecule has 6 nitrogen and oxygen atoms in total. The lowest BCUT2D eigenvalue weighted by Gasteiger charge is -2.22. The van der Waals surface area contributed by atoms with Gasteiger partial charge in [0, 0.05) is 12.8 Å². The molecule has 404 valence electrons. The number of allylic oxidation sites excluding steroid dienone is 2. The fraction of sp³-hybridized carbons (Fsp3) is 0.935. The Kier molecular flexibility index (Phi) is 57.0. The minimum Gasteiger partial charge on any atom is -0.466 e. The van der Waals surface area contributed by atoms with Crippen LogP contribution in [-0.4, -0.2) is 47.4 Å². The Hall–Kier alpha value is -1.40. The van der Waals surface area contributed by atoms with Crippen LogP contribution in [0.2, 0.25) is 0 Å². The van der Waals surface area contributed by atoms with Crippen LogP contribution >= 0.6 is 0 Å². The van der Waals surface area contributed by atoms with Gasteiger partial charge in [-0.3, -0.25) is 9.59 Å². The second kappa shape index (κ2) is 58.2. The van der Waals surface area contributed by atoms with Crippen molar-refractivity contribution in [2.24, 2.45) is 0 Å². The van der Waals surface area contributed by atoms with E-state index in [1.807, 2.05) is 0 Å². The molecule has 0 spiro atoms. The van der Waals surface area contributed by atoms with Crippen LogP contribution in [0.5, 0.6) is 0 Å². The molecule has 2 unspecified atom stereocenters. The van der Waals surface area contributed by atoms with E-state index in [-0.39, 0.29) is 18.5 Å². The van der Waals surface area contributed by atoms with Gasteiger partial charge in [0.25, 0.3) is 0 Å². The van der Waals surface area contributed by atoms with Crippen molar-refractivity contribution in [1.82, 2.24) is 5.32 Å². The van der Waals surface area contributed by atoms with Gasteiger partial charge in [0.1, 0.15) is 0 Å². The third-order valence-electron chi connectivity index (χ3n) is 14.6. The van der Waals surface area contributed by atoms with Crippen molar-refractivity contribution < 1.29 is 24.5 Å². The van der Waals surface area contributed by atoms with Gasteiger partial charge in [-0.1, -0.05) is 296 Å². The van der Waals surface area contributed by atoms with Crippen LogP contribution < -0.4 is 5.32 Å². The first-order valence-corrected chi connectivity index (χ1v) is 30.9. The topological polar surface area (TPSA) is 95.9 Å². The van der Waals surface area contributed by atoms with E-state index in [1.165, 1.54) is 270 Å². The van der Waals surface area contributed by atoms with Crippen molar-refractivity contribution in [2.75, 3.05) is 13.2 Å². The van der Waals surface area contributed by atoms with Crippen molar-refractivity contribution in [3.8, 4) is 0 Å². The largest absolute Gasteiger partial charge is 0.466 e. The highest BCUT2D eigenvalue weighted by Gasteiger charge is 2.20. The van der Waals surface area contributed by atoms with Crippen LogP contribution in [-0.2, 0) is 14.3 Å². The molecule has 1 amide bonds. The summed E-state index contributed by atoms with van der Waals surface area (Å²) in [5.41, 5.74) is 0. The molecule has 0 heterocycles. The monoisotopic (exact) mass is 960 g/mol. The highest BCUT2D eigenvalue weighted by molar-refractivity contribution is 5.76. The average molecular weight is 961 g/mol. The first kappa shape index (κ1) is 66.6. The maximum atomic E-state index is 12.5. The van der Waals surface area contributed by atoms with Gasteiger partial charge in [0.05, 0.1) is 25.4 Å². The molecule has 0 fully saturated rings. The third kappa shape index (κ3) is 53.9. The number of aliphatic hydroxyl groups is 2. The molecule has 0 aliphatic heterocycles. The highest BCUT2D eigenvalue weighted by atomic mass is 16.5. The smallest absolute Gasteiger partial charge is 0.305 e. The highest BCUT2D eigenvalue weighted by Crippen LogP contribution is 2.18. The van der Waals surface area contributed by atoms with E-state index in [2.05, 4.69) is 31.3 Å². The molecule has 0 rings (SSSR count). The molecule has 68 heavy (non-hydrogen) atoms. The lowest BCUT2D eigenvalue weighted by atomic mass is 10.0. The molecule has 0 aromatic rings. The van der Waals surface area contributed by atoms with Gasteiger partial charge >= 0.3 is 5.97 Å². The number of carbonyl (C=O) groups excluding carboxylic acids is 2. The zero-order valence-electron chi connectivity index (χ0n) is 46.1. The lowest BCUT2D eigenvalue weighted by Crippen LogP contribution is -2.45. The molecular weight excluding hydrogens is 839 g/mol. The molecule has 0 aromatic heterocycles. The minimum absolute atomic E-state index is 0.00401. The van der Waals surface area contributed by atoms with Crippen LogP contribution in [0.25, 0.3) is 0 Å². The number of rotatable bonds is 58. The maximum Gasteiger partial charge on any atom is 0.305 e. The molecule has 0 radical (unpaired) electrons. The fourth-order valence-corrected chi connectivity index (χ4v) is 9.81. The van der Waals surface area contributed by atoms with Crippen LogP contribution in [0.15, 0.2) is 12.2 Å². The minimum atomic E-state index is -0.665. The summed E-state index contributed by atoms with van der Waals surface area (Å²) in [6.45, 7) is 4.97. The zero-order valence-corrected chi connectivity index (χ0v) is 46.1. The standard InChI is InChI=1S/C62H121NO5/c1-3-5-7-9-11-13-15-17-19-28-32-36-40-44-48-52-56-62(67)68-57-53-49-45-41-37-33-29-25-23-21-20-22-24-27-31-35-39-43-47-51-55-61(66)63-59(58-64)60(65)54-50-46-42-38-34-30-26-18-16-14-12-10-8-6-4-2/h19,28,59-60,64-65H,3-18,20-27,29-58H2,1-2H3,(H,63,66)/b28-19-. The summed E-state index contributed by atoms with van der Waals surface area (Å²) in [7, 11) is 0. The molecule has 0 saturated carbocycles. The first-order chi connectivity index (χ1) is 33.5. The number of aliphatic hydroxyl groups excluding tert-OH is 2. The molecule has 0 aliphatic carbocycles. The Balaban J connectivity index is 3.38. The number of esters is 1. The molecule has 3 N–H and O–H groups in total. The van der Waals surface area contributed by atoms with Crippen molar-refractivity contribution >= 4 is 11.9 Å². The summed E-state index contributed by atoms with van der Waals surface area (Å²) in [5, 5.41) is 23.3. The van der Waals surface area contributed by atoms with E-state index in [1.54, 1.807) is 0 Å². The van der Waals surface area contributed by atoms with Gasteiger partial charge in [-0.15, -0.1) is 0 Å². The average Bonchev–Trinajstić information content (AvgIpc) is 3.34. The van der Waals surface area contributed by atoms with Crippen LogP contribution in [0.4, 0.5) is 0 Å². The Labute approximate surface area is 425 Å². The van der Waals surface area contributed by atoms with E-state index < -0.39 is 12.1 Å². The van der Waals surface area contributed by atoms with Crippen LogP contribution in [0.1, 0.15) is 348 Å². The predicted octanol–water partition coefficient (Wildman–Crippen LogP) is 19.2. The van der Waals surface area contributed by atoms with Gasteiger partial charge in [0.15, 0.2) is 0 Å². The normalized spacial score (nSPS) is 12.6. The van der Waals surface area contributed by atoms with Gasteiger partial charge in [-0.05, 0) is 51.4 Å². The summed E-state index contributed by atoms with van der Waals surface area (Å²) in [4.78, 5) is 24.6. The van der Waals surface area contributed by atoms with Crippen LogP contribution in [0.3, 0.4) is 0 Å². The molecule has 0 bridgehead atoms. The number of unbranched alkanes of at least 4 members (excludes halogenated alkanes) is 45. The number of amides is 1. The van der Waals surface area contributed by atoms with Crippen molar-refractivity contribution in [1.29, 1.82) is 0 Å². The van der Waals surface area contributed by atoms with E-state index in [4.69, 9.17) is 4.74 Å². The Bertz CT molecular complexity index is 1020.